The molecule has 23 heavy (non-hydrogen) atoms. The lowest BCUT2D eigenvalue weighted by Crippen LogP contribution is -2.39. The van der Waals surface area contributed by atoms with E-state index in [1.165, 1.54) is 6.07 Å². The number of thiazole rings is 1. The Bertz CT molecular complexity index is 630. The van der Waals surface area contributed by atoms with E-state index in [1.807, 2.05) is 13.0 Å². The van der Waals surface area contributed by atoms with E-state index in [0.717, 1.165) is 41.6 Å². The molecule has 126 valence electrons. The standard InChI is InChI=1S/C16H21FN4S.HI/c1-12-21-15(11-22-12)7-9-20-16(18-2)19-8-6-13-4-3-5-14(17)10-13;/h3-5,10-11H,6-9H2,1-2H3,(H2,18,19,20);1H. The predicted octanol–water partition coefficient (Wildman–Crippen LogP) is 3.16. The number of aryl methyl sites for hydroxylation is 1. The molecular formula is C16H22FIN4S. The Hall–Kier alpha value is -1.22. The van der Waals surface area contributed by atoms with Crippen molar-refractivity contribution in [1.29, 1.82) is 0 Å². The molecule has 0 amide bonds. The topological polar surface area (TPSA) is 49.3 Å². The Morgan fingerprint density at radius 3 is 2.61 bits per heavy atom. The Morgan fingerprint density at radius 2 is 2.00 bits per heavy atom. The number of guanidine groups is 1. The fourth-order valence-corrected chi connectivity index (χ4v) is 2.72. The van der Waals surface area contributed by atoms with Crippen molar-refractivity contribution in [2.24, 2.45) is 4.99 Å². The van der Waals surface area contributed by atoms with E-state index >= 15 is 0 Å². The number of aromatic nitrogens is 1. The number of halogens is 2. The number of nitrogens with zero attached hydrogens (tertiary/aromatic N) is 2. The van der Waals surface area contributed by atoms with Gasteiger partial charge in [-0.15, -0.1) is 35.3 Å². The number of benzene rings is 1. The number of nitrogens with one attached hydrogen (secondary N) is 2. The first-order valence-corrected chi connectivity index (χ1v) is 8.15. The van der Waals surface area contributed by atoms with Gasteiger partial charge in [0.15, 0.2) is 5.96 Å². The average molecular weight is 448 g/mol. The Kier molecular flexibility index (Phi) is 9.08. The van der Waals surface area contributed by atoms with Gasteiger partial charge in [0.25, 0.3) is 0 Å². The highest BCUT2D eigenvalue weighted by Crippen LogP contribution is 2.07. The molecule has 1 heterocycles. The second kappa shape index (κ2) is 10.5. The van der Waals surface area contributed by atoms with Crippen LogP contribution in [-0.4, -0.2) is 31.1 Å². The van der Waals surface area contributed by atoms with E-state index < -0.39 is 0 Å². The Labute approximate surface area is 157 Å². The van der Waals surface area contributed by atoms with Crippen LogP contribution in [0.2, 0.25) is 0 Å². The lowest BCUT2D eigenvalue weighted by Gasteiger charge is -2.11. The monoisotopic (exact) mass is 448 g/mol. The molecule has 0 aliphatic rings. The lowest BCUT2D eigenvalue weighted by atomic mass is 10.1. The predicted molar refractivity (Wildman–Crippen MR) is 105 cm³/mol. The minimum absolute atomic E-state index is 0. The van der Waals surface area contributed by atoms with Crippen LogP contribution in [0.1, 0.15) is 16.3 Å². The van der Waals surface area contributed by atoms with Crippen LogP contribution in [0.5, 0.6) is 0 Å². The molecule has 1 aromatic heterocycles. The zero-order chi connectivity index (χ0) is 15.8. The molecule has 0 atom stereocenters. The van der Waals surface area contributed by atoms with Crippen LogP contribution < -0.4 is 10.6 Å². The molecular weight excluding hydrogens is 426 g/mol. The van der Waals surface area contributed by atoms with Gasteiger partial charge in [0.05, 0.1) is 10.7 Å². The van der Waals surface area contributed by atoms with Crippen molar-refractivity contribution < 1.29 is 4.39 Å². The number of hydrogen-bond donors (Lipinski definition) is 2. The highest BCUT2D eigenvalue weighted by molar-refractivity contribution is 14.0. The highest BCUT2D eigenvalue weighted by atomic mass is 127. The van der Waals surface area contributed by atoms with Crippen LogP contribution in [0.15, 0.2) is 34.6 Å². The van der Waals surface area contributed by atoms with Gasteiger partial charge in [-0.25, -0.2) is 9.37 Å². The van der Waals surface area contributed by atoms with Gasteiger partial charge in [-0.2, -0.15) is 0 Å². The van der Waals surface area contributed by atoms with Crippen molar-refractivity contribution in [2.45, 2.75) is 19.8 Å². The third-order valence-electron chi connectivity index (χ3n) is 3.16. The summed E-state index contributed by atoms with van der Waals surface area (Å²) in [6, 6.07) is 6.67. The summed E-state index contributed by atoms with van der Waals surface area (Å²) in [7, 11) is 1.74. The second-order valence-corrected chi connectivity index (χ2v) is 5.98. The molecule has 0 saturated heterocycles. The largest absolute Gasteiger partial charge is 0.356 e. The maximum Gasteiger partial charge on any atom is 0.190 e. The van der Waals surface area contributed by atoms with Gasteiger partial charge in [0.1, 0.15) is 5.82 Å². The molecule has 0 aliphatic carbocycles. The van der Waals surface area contributed by atoms with Crippen molar-refractivity contribution in [3.63, 3.8) is 0 Å². The highest BCUT2D eigenvalue weighted by Gasteiger charge is 2.01. The summed E-state index contributed by atoms with van der Waals surface area (Å²) in [6.45, 7) is 3.50. The first-order chi connectivity index (χ1) is 10.7. The summed E-state index contributed by atoms with van der Waals surface area (Å²) < 4.78 is 13.1. The normalized spacial score (nSPS) is 11.0. The molecule has 0 radical (unpaired) electrons. The van der Waals surface area contributed by atoms with Crippen molar-refractivity contribution in [3.8, 4) is 0 Å². The zero-order valence-corrected chi connectivity index (χ0v) is 16.5. The molecule has 0 fully saturated rings. The van der Waals surface area contributed by atoms with Crippen LogP contribution in [-0.2, 0) is 12.8 Å². The van der Waals surface area contributed by atoms with Gasteiger partial charge in [-0.3, -0.25) is 4.99 Å². The van der Waals surface area contributed by atoms with Crippen LogP contribution in [0.25, 0.3) is 0 Å². The lowest BCUT2D eigenvalue weighted by molar-refractivity contribution is 0.625. The van der Waals surface area contributed by atoms with Gasteiger partial charge in [0.2, 0.25) is 0 Å². The molecule has 2 aromatic rings. The molecule has 1 aromatic carbocycles. The van der Waals surface area contributed by atoms with E-state index in [0.29, 0.717) is 6.54 Å². The summed E-state index contributed by atoms with van der Waals surface area (Å²) in [5.41, 5.74) is 2.08. The van der Waals surface area contributed by atoms with Gasteiger partial charge >= 0.3 is 0 Å². The first kappa shape index (κ1) is 19.8. The summed E-state index contributed by atoms with van der Waals surface area (Å²) in [4.78, 5) is 8.60. The summed E-state index contributed by atoms with van der Waals surface area (Å²) in [5, 5.41) is 9.65. The van der Waals surface area contributed by atoms with E-state index in [4.69, 9.17) is 0 Å². The quantitative estimate of drug-likeness (QED) is 0.406. The van der Waals surface area contributed by atoms with Crippen LogP contribution in [0, 0.1) is 12.7 Å². The average Bonchev–Trinajstić information content (AvgIpc) is 2.91. The Balaban J connectivity index is 0.00000264. The molecule has 0 aliphatic heterocycles. The second-order valence-electron chi connectivity index (χ2n) is 4.91. The van der Waals surface area contributed by atoms with Crippen LogP contribution in [0.4, 0.5) is 4.39 Å². The minimum Gasteiger partial charge on any atom is -0.356 e. The van der Waals surface area contributed by atoms with Gasteiger partial charge in [-0.1, -0.05) is 12.1 Å². The fourth-order valence-electron chi connectivity index (χ4n) is 2.07. The van der Waals surface area contributed by atoms with Gasteiger partial charge < -0.3 is 10.6 Å². The summed E-state index contributed by atoms with van der Waals surface area (Å²) >= 11 is 1.67. The maximum absolute atomic E-state index is 13.1. The number of hydrogen-bond acceptors (Lipinski definition) is 3. The first-order valence-electron chi connectivity index (χ1n) is 7.27. The van der Waals surface area contributed by atoms with Gasteiger partial charge in [-0.05, 0) is 31.0 Å². The van der Waals surface area contributed by atoms with Crippen molar-refractivity contribution >= 4 is 41.3 Å². The van der Waals surface area contributed by atoms with E-state index in [2.05, 4.69) is 26.0 Å². The zero-order valence-electron chi connectivity index (χ0n) is 13.3. The van der Waals surface area contributed by atoms with Crippen molar-refractivity contribution in [3.05, 3.63) is 51.7 Å². The maximum atomic E-state index is 13.1. The van der Waals surface area contributed by atoms with Crippen molar-refractivity contribution in [2.75, 3.05) is 20.1 Å². The summed E-state index contributed by atoms with van der Waals surface area (Å²) in [5.74, 6) is 0.557. The van der Waals surface area contributed by atoms with Crippen LogP contribution >= 0.6 is 35.3 Å². The third-order valence-corrected chi connectivity index (χ3v) is 3.98. The molecule has 0 bridgehead atoms. The SMILES string of the molecule is CN=C(NCCc1cccc(F)c1)NCCc1csc(C)n1.I. The third kappa shape index (κ3) is 7.26. The van der Waals surface area contributed by atoms with E-state index in [9.17, 15) is 4.39 Å². The van der Waals surface area contributed by atoms with Crippen molar-refractivity contribution in [1.82, 2.24) is 15.6 Å². The Morgan fingerprint density at radius 1 is 1.26 bits per heavy atom. The van der Waals surface area contributed by atoms with Gasteiger partial charge in [0, 0.05) is 31.9 Å². The molecule has 4 nitrogen and oxygen atoms in total. The molecule has 2 N–H and O–H groups in total. The molecule has 0 unspecified atom stereocenters. The molecule has 0 spiro atoms. The van der Waals surface area contributed by atoms with E-state index in [1.54, 1.807) is 30.5 Å². The summed E-state index contributed by atoms with van der Waals surface area (Å²) in [6.07, 6.45) is 1.62. The molecule has 7 heteroatoms. The van der Waals surface area contributed by atoms with E-state index in [-0.39, 0.29) is 29.8 Å². The molecule has 0 saturated carbocycles. The van der Waals surface area contributed by atoms with Crippen LogP contribution in [0.3, 0.4) is 0 Å². The minimum atomic E-state index is -0.196. The molecule has 2 rings (SSSR count). The number of rotatable bonds is 6. The fraction of sp³-hybridized carbons (Fsp3) is 0.375. The smallest absolute Gasteiger partial charge is 0.190 e. The number of aliphatic imine (C=N–C) groups is 1.